The first-order valence-electron chi connectivity index (χ1n) is 9.94. The molecule has 1 aromatic heterocycles. The summed E-state index contributed by atoms with van der Waals surface area (Å²) < 4.78 is 6.49. The molecule has 0 saturated heterocycles. The molecule has 0 aliphatic carbocycles. The molecule has 0 N–H and O–H groups in total. The molecule has 1 atom stereocenters. The predicted molar refractivity (Wildman–Crippen MR) is 117 cm³/mol. The van der Waals surface area contributed by atoms with E-state index in [-0.39, 0.29) is 24.2 Å². The summed E-state index contributed by atoms with van der Waals surface area (Å²) in [5.41, 5.74) is 2.94. The Morgan fingerprint density at radius 2 is 2.00 bits per heavy atom. The highest BCUT2D eigenvalue weighted by Crippen LogP contribution is 2.38. The van der Waals surface area contributed by atoms with Crippen molar-refractivity contribution in [1.82, 2.24) is 4.98 Å². The maximum Gasteiger partial charge on any atom is 0.314 e. The second-order valence-electron chi connectivity index (χ2n) is 8.31. The third-order valence-corrected chi connectivity index (χ3v) is 5.41. The summed E-state index contributed by atoms with van der Waals surface area (Å²) in [5.74, 6) is -0.651. The third kappa shape index (κ3) is 5.24. The van der Waals surface area contributed by atoms with E-state index in [4.69, 9.17) is 4.74 Å². The number of hydrogen-bond acceptors (Lipinski definition) is 4. The first kappa shape index (κ1) is 21.5. The Labute approximate surface area is 180 Å². The lowest BCUT2D eigenvalue weighted by Gasteiger charge is -2.34. The second kappa shape index (κ2) is 8.66. The zero-order valence-electron chi connectivity index (χ0n) is 17.4. The van der Waals surface area contributed by atoms with E-state index < -0.39 is 5.60 Å². The number of nitrogens with zero attached hydrogens (tertiary/aromatic N) is 2. The van der Waals surface area contributed by atoms with Gasteiger partial charge in [-0.05, 0) is 69.0 Å². The van der Waals surface area contributed by atoms with Crippen molar-refractivity contribution in [1.29, 1.82) is 0 Å². The molecule has 154 valence electrons. The number of halogens is 1. The van der Waals surface area contributed by atoms with Crippen LogP contribution in [-0.4, -0.2) is 29.0 Å². The molecular weight excluding hydrogens is 432 g/mol. The minimum absolute atomic E-state index is 0.0204. The topological polar surface area (TPSA) is 59.5 Å². The number of rotatable bonds is 4. The molecule has 0 bridgehead atoms. The van der Waals surface area contributed by atoms with Gasteiger partial charge in [-0.25, -0.2) is 0 Å². The van der Waals surface area contributed by atoms with Crippen LogP contribution in [0.2, 0.25) is 0 Å². The van der Waals surface area contributed by atoms with Gasteiger partial charge in [0.1, 0.15) is 5.60 Å². The van der Waals surface area contributed by atoms with E-state index in [2.05, 4.69) is 27.8 Å². The highest BCUT2D eigenvalue weighted by molar-refractivity contribution is 9.10. The van der Waals surface area contributed by atoms with Crippen molar-refractivity contribution < 1.29 is 14.3 Å². The fourth-order valence-corrected chi connectivity index (χ4v) is 3.86. The van der Waals surface area contributed by atoms with Crippen LogP contribution < -0.4 is 4.90 Å². The molecule has 1 aliphatic rings. The van der Waals surface area contributed by atoms with Crippen molar-refractivity contribution in [2.75, 3.05) is 11.4 Å². The lowest BCUT2D eigenvalue weighted by atomic mass is 9.89. The van der Waals surface area contributed by atoms with Crippen molar-refractivity contribution in [3.05, 3.63) is 57.8 Å². The van der Waals surface area contributed by atoms with Gasteiger partial charge in [0.25, 0.3) is 0 Å². The Morgan fingerprint density at radius 1 is 1.24 bits per heavy atom. The Bertz CT molecular complexity index is 903. The molecule has 0 saturated carbocycles. The summed E-state index contributed by atoms with van der Waals surface area (Å²) in [4.78, 5) is 32.0. The molecule has 1 amide bonds. The Hall–Kier alpha value is -2.21. The van der Waals surface area contributed by atoms with Crippen LogP contribution in [0.25, 0.3) is 0 Å². The van der Waals surface area contributed by atoms with E-state index in [1.807, 2.05) is 57.3 Å². The van der Waals surface area contributed by atoms with Crippen LogP contribution >= 0.6 is 15.9 Å². The maximum absolute atomic E-state index is 13.0. The summed E-state index contributed by atoms with van der Waals surface area (Å²) in [6.07, 6.45) is 3.51. The van der Waals surface area contributed by atoms with Crippen LogP contribution in [0.3, 0.4) is 0 Å². The zero-order chi connectivity index (χ0) is 21.2. The van der Waals surface area contributed by atoms with Gasteiger partial charge in [0.15, 0.2) is 0 Å². The highest BCUT2D eigenvalue weighted by atomic mass is 79.9. The van der Waals surface area contributed by atoms with Gasteiger partial charge in [-0.1, -0.05) is 28.9 Å². The fourth-order valence-electron chi connectivity index (χ4n) is 3.48. The van der Waals surface area contributed by atoms with Crippen LogP contribution in [0.5, 0.6) is 0 Å². The van der Waals surface area contributed by atoms with Crippen LogP contribution in [0, 0.1) is 0 Å². The van der Waals surface area contributed by atoms with E-state index in [0.717, 1.165) is 33.4 Å². The van der Waals surface area contributed by atoms with Gasteiger partial charge >= 0.3 is 5.97 Å². The number of anilines is 1. The van der Waals surface area contributed by atoms with Gasteiger partial charge < -0.3 is 9.64 Å². The first-order chi connectivity index (χ1) is 13.7. The number of carbonyl (C=O) groups is 2. The molecule has 1 unspecified atom stereocenters. The van der Waals surface area contributed by atoms with Gasteiger partial charge in [0.05, 0.1) is 12.3 Å². The number of esters is 1. The SMILES string of the molecule is CCc1ccc(CC(=O)N2CCC(C(=O)OC(C)(C)C)c3cc(Br)ccc32)nc1. The summed E-state index contributed by atoms with van der Waals surface area (Å²) in [7, 11) is 0. The van der Waals surface area contributed by atoms with Crippen molar-refractivity contribution in [3.63, 3.8) is 0 Å². The summed E-state index contributed by atoms with van der Waals surface area (Å²) in [6.45, 7) is 8.14. The van der Waals surface area contributed by atoms with E-state index >= 15 is 0 Å². The van der Waals surface area contributed by atoms with Gasteiger partial charge in [0.2, 0.25) is 5.91 Å². The number of aryl methyl sites for hydroxylation is 1. The predicted octanol–water partition coefficient (Wildman–Crippen LogP) is 4.81. The largest absolute Gasteiger partial charge is 0.459 e. The number of aromatic nitrogens is 1. The van der Waals surface area contributed by atoms with E-state index in [0.29, 0.717) is 13.0 Å². The van der Waals surface area contributed by atoms with E-state index in [1.54, 1.807) is 4.90 Å². The van der Waals surface area contributed by atoms with Gasteiger partial charge in [-0.2, -0.15) is 0 Å². The molecule has 0 radical (unpaired) electrons. The normalized spacial score (nSPS) is 16.3. The van der Waals surface area contributed by atoms with Crippen LogP contribution in [0.15, 0.2) is 41.0 Å². The number of benzene rings is 1. The molecular formula is C23H27BrN2O3. The summed E-state index contributed by atoms with van der Waals surface area (Å²) in [5, 5.41) is 0. The lowest BCUT2D eigenvalue weighted by Crippen LogP contribution is -2.40. The van der Waals surface area contributed by atoms with Gasteiger partial charge in [0, 0.05) is 28.6 Å². The van der Waals surface area contributed by atoms with Crippen LogP contribution in [0.1, 0.15) is 56.9 Å². The van der Waals surface area contributed by atoms with Crippen molar-refractivity contribution >= 4 is 33.5 Å². The first-order valence-corrected chi connectivity index (χ1v) is 10.7. The molecule has 0 fully saturated rings. The van der Waals surface area contributed by atoms with Gasteiger partial charge in [-0.3, -0.25) is 14.6 Å². The quantitative estimate of drug-likeness (QED) is 0.616. The zero-order valence-corrected chi connectivity index (χ0v) is 19.0. The van der Waals surface area contributed by atoms with E-state index in [9.17, 15) is 9.59 Å². The minimum atomic E-state index is -0.549. The van der Waals surface area contributed by atoms with Crippen molar-refractivity contribution in [3.8, 4) is 0 Å². The fraction of sp³-hybridized carbons (Fsp3) is 0.435. The second-order valence-corrected chi connectivity index (χ2v) is 9.23. The molecule has 29 heavy (non-hydrogen) atoms. The van der Waals surface area contributed by atoms with Crippen molar-refractivity contribution in [2.24, 2.45) is 0 Å². The number of hydrogen-bond donors (Lipinski definition) is 0. The monoisotopic (exact) mass is 458 g/mol. The van der Waals surface area contributed by atoms with Crippen LogP contribution in [0.4, 0.5) is 5.69 Å². The average molecular weight is 459 g/mol. The number of fused-ring (bicyclic) bond motifs is 1. The number of amides is 1. The molecule has 2 aromatic rings. The Balaban J connectivity index is 1.84. The molecule has 0 spiro atoms. The van der Waals surface area contributed by atoms with E-state index in [1.165, 1.54) is 0 Å². The maximum atomic E-state index is 13.0. The van der Waals surface area contributed by atoms with Crippen LogP contribution in [-0.2, 0) is 27.2 Å². The molecule has 2 heterocycles. The lowest BCUT2D eigenvalue weighted by molar-refractivity contribution is -0.157. The standard InChI is InChI=1S/C23H27BrN2O3/c1-5-15-6-8-17(25-14-15)13-21(27)26-11-10-18(22(28)29-23(2,3)4)19-12-16(24)7-9-20(19)26/h6-9,12,14,18H,5,10-11,13H2,1-4H3. The highest BCUT2D eigenvalue weighted by Gasteiger charge is 2.35. The molecule has 3 rings (SSSR count). The molecule has 6 heteroatoms. The average Bonchev–Trinajstić information content (AvgIpc) is 2.66. The Morgan fingerprint density at radius 3 is 2.62 bits per heavy atom. The minimum Gasteiger partial charge on any atom is -0.459 e. The smallest absolute Gasteiger partial charge is 0.314 e. The Kier molecular flexibility index (Phi) is 6.42. The number of carbonyl (C=O) groups excluding carboxylic acids is 2. The molecule has 1 aliphatic heterocycles. The number of pyridine rings is 1. The summed E-state index contributed by atoms with van der Waals surface area (Å²) >= 11 is 3.49. The molecule has 5 nitrogen and oxygen atoms in total. The van der Waals surface area contributed by atoms with Gasteiger partial charge in [-0.15, -0.1) is 0 Å². The third-order valence-electron chi connectivity index (χ3n) is 4.92. The molecule has 1 aromatic carbocycles. The number of ether oxygens (including phenoxy) is 1. The summed E-state index contributed by atoms with van der Waals surface area (Å²) in [6, 6.07) is 9.62. The van der Waals surface area contributed by atoms with Crippen molar-refractivity contribution in [2.45, 2.75) is 58.5 Å².